The van der Waals surface area contributed by atoms with Crippen molar-refractivity contribution in [1.29, 1.82) is 0 Å². The van der Waals surface area contributed by atoms with E-state index in [1.165, 1.54) is 16.2 Å². The fourth-order valence-electron chi connectivity index (χ4n) is 2.22. The van der Waals surface area contributed by atoms with Gasteiger partial charge in [0.25, 0.3) is 0 Å². The quantitative estimate of drug-likeness (QED) is 0.629. The number of thiophene rings is 2. The number of hydrogen-bond donors (Lipinski definition) is 1. The molecule has 0 aliphatic heterocycles. The molecule has 0 saturated heterocycles. The van der Waals surface area contributed by atoms with Crippen LogP contribution in [0.4, 0.5) is 0 Å². The Bertz CT molecular complexity index is 465. The van der Waals surface area contributed by atoms with E-state index in [9.17, 15) is 0 Å². The second-order valence-electron chi connectivity index (χ2n) is 5.43. The standard InChI is InChI=1S/C17H25NOS2/c1-14(2)19-10-4-3-9-18-16(17-8-6-12-21-17)13-15-7-5-11-20-15/h5-8,11-12,14,16,18H,3-4,9-10,13H2,1-2H3. The Hall–Kier alpha value is -0.680. The van der Waals surface area contributed by atoms with E-state index in [1.807, 2.05) is 22.7 Å². The molecule has 0 aliphatic rings. The van der Waals surface area contributed by atoms with Gasteiger partial charge in [-0.1, -0.05) is 12.1 Å². The van der Waals surface area contributed by atoms with Crippen molar-refractivity contribution in [3.8, 4) is 0 Å². The highest BCUT2D eigenvalue weighted by molar-refractivity contribution is 7.10. The summed E-state index contributed by atoms with van der Waals surface area (Å²) in [7, 11) is 0. The van der Waals surface area contributed by atoms with Crippen LogP contribution < -0.4 is 5.32 Å². The van der Waals surface area contributed by atoms with Gasteiger partial charge in [-0.25, -0.2) is 0 Å². The zero-order chi connectivity index (χ0) is 14.9. The molecule has 1 atom stereocenters. The molecular weight excluding hydrogens is 298 g/mol. The summed E-state index contributed by atoms with van der Waals surface area (Å²) >= 11 is 3.69. The fraction of sp³-hybridized carbons (Fsp3) is 0.529. The summed E-state index contributed by atoms with van der Waals surface area (Å²) in [6.07, 6.45) is 3.72. The lowest BCUT2D eigenvalue weighted by atomic mass is 10.1. The van der Waals surface area contributed by atoms with E-state index in [-0.39, 0.29) is 0 Å². The van der Waals surface area contributed by atoms with Crippen LogP contribution in [0.5, 0.6) is 0 Å². The van der Waals surface area contributed by atoms with E-state index in [0.717, 1.165) is 26.0 Å². The molecule has 0 bridgehead atoms. The third-order valence-corrected chi connectivity index (χ3v) is 5.17. The average Bonchev–Trinajstić information content (AvgIpc) is 3.13. The Balaban J connectivity index is 1.75. The molecule has 2 aromatic heterocycles. The lowest BCUT2D eigenvalue weighted by molar-refractivity contribution is 0.0759. The van der Waals surface area contributed by atoms with Crippen molar-refractivity contribution < 1.29 is 4.74 Å². The lowest BCUT2D eigenvalue weighted by Gasteiger charge is -2.17. The largest absolute Gasteiger partial charge is 0.379 e. The summed E-state index contributed by atoms with van der Waals surface area (Å²) in [6.45, 7) is 6.10. The maximum absolute atomic E-state index is 5.58. The molecule has 0 spiro atoms. The monoisotopic (exact) mass is 323 g/mol. The summed E-state index contributed by atoms with van der Waals surface area (Å²) in [6, 6.07) is 9.17. The first-order valence-corrected chi connectivity index (χ1v) is 9.42. The molecule has 0 saturated carbocycles. The summed E-state index contributed by atoms with van der Waals surface area (Å²) < 4.78 is 5.58. The molecule has 4 heteroatoms. The molecule has 0 aliphatic carbocycles. The third-order valence-electron chi connectivity index (χ3n) is 3.29. The van der Waals surface area contributed by atoms with Crippen LogP contribution in [-0.4, -0.2) is 19.3 Å². The highest BCUT2D eigenvalue weighted by Crippen LogP contribution is 2.24. The van der Waals surface area contributed by atoms with Gasteiger partial charge in [-0.05, 0) is 56.1 Å². The minimum atomic E-state index is 0.343. The highest BCUT2D eigenvalue weighted by atomic mass is 32.1. The first-order chi connectivity index (χ1) is 10.3. The number of hydrogen-bond acceptors (Lipinski definition) is 4. The van der Waals surface area contributed by atoms with Crippen LogP contribution in [0.2, 0.25) is 0 Å². The smallest absolute Gasteiger partial charge is 0.0518 e. The van der Waals surface area contributed by atoms with Gasteiger partial charge >= 0.3 is 0 Å². The summed E-state index contributed by atoms with van der Waals surface area (Å²) in [4.78, 5) is 2.88. The van der Waals surface area contributed by atoms with Gasteiger partial charge in [0.1, 0.15) is 0 Å². The molecule has 21 heavy (non-hydrogen) atoms. The van der Waals surface area contributed by atoms with Crippen LogP contribution in [0.3, 0.4) is 0 Å². The van der Waals surface area contributed by atoms with Crippen LogP contribution in [-0.2, 0) is 11.2 Å². The van der Waals surface area contributed by atoms with Gasteiger partial charge < -0.3 is 10.1 Å². The maximum Gasteiger partial charge on any atom is 0.0518 e. The van der Waals surface area contributed by atoms with Crippen molar-refractivity contribution in [1.82, 2.24) is 5.32 Å². The van der Waals surface area contributed by atoms with E-state index in [1.54, 1.807) is 0 Å². The van der Waals surface area contributed by atoms with Crippen LogP contribution in [0.1, 0.15) is 42.5 Å². The first-order valence-electron chi connectivity index (χ1n) is 7.66. The van der Waals surface area contributed by atoms with Crippen LogP contribution in [0.15, 0.2) is 35.0 Å². The number of nitrogens with one attached hydrogen (secondary N) is 1. The Kier molecular flexibility index (Phi) is 7.44. The minimum Gasteiger partial charge on any atom is -0.379 e. The van der Waals surface area contributed by atoms with Crippen molar-refractivity contribution in [3.63, 3.8) is 0 Å². The first kappa shape index (κ1) is 16.7. The van der Waals surface area contributed by atoms with Crippen molar-refractivity contribution in [2.45, 2.75) is 45.3 Å². The van der Waals surface area contributed by atoms with E-state index in [2.05, 4.69) is 54.2 Å². The molecule has 2 rings (SSSR count). The summed E-state index contributed by atoms with van der Waals surface area (Å²) in [5, 5.41) is 8.03. The lowest BCUT2D eigenvalue weighted by Crippen LogP contribution is -2.23. The molecule has 2 heterocycles. The molecule has 2 aromatic rings. The molecule has 0 aromatic carbocycles. The molecular formula is C17H25NOS2. The van der Waals surface area contributed by atoms with Gasteiger partial charge in [0.2, 0.25) is 0 Å². The van der Waals surface area contributed by atoms with Crippen molar-refractivity contribution in [3.05, 3.63) is 44.8 Å². The van der Waals surface area contributed by atoms with Crippen LogP contribution in [0.25, 0.3) is 0 Å². The van der Waals surface area contributed by atoms with Crippen molar-refractivity contribution in [2.24, 2.45) is 0 Å². The molecule has 2 nitrogen and oxygen atoms in total. The Morgan fingerprint density at radius 3 is 2.57 bits per heavy atom. The van der Waals surface area contributed by atoms with Gasteiger partial charge in [-0.15, -0.1) is 22.7 Å². The maximum atomic E-state index is 5.58. The van der Waals surface area contributed by atoms with Crippen LogP contribution >= 0.6 is 22.7 Å². The fourth-order valence-corrected chi connectivity index (χ4v) is 3.77. The molecule has 1 N–H and O–H groups in total. The molecule has 0 radical (unpaired) electrons. The van der Waals surface area contributed by atoms with Crippen molar-refractivity contribution >= 4 is 22.7 Å². The molecule has 116 valence electrons. The Morgan fingerprint density at radius 2 is 1.90 bits per heavy atom. The van der Waals surface area contributed by atoms with Gasteiger partial charge in [0.05, 0.1) is 6.10 Å². The minimum absolute atomic E-state index is 0.343. The number of ether oxygens (including phenoxy) is 1. The predicted octanol–water partition coefficient (Wildman–Crippen LogP) is 4.89. The predicted molar refractivity (Wildman–Crippen MR) is 93.4 cm³/mol. The van der Waals surface area contributed by atoms with Crippen LogP contribution in [0, 0.1) is 0 Å². The van der Waals surface area contributed by atoms with E-state index < -0.39 is 0 Å². The van der Waals surface area contributed by atoms with Gasteiger partial charge in [-0.2, -0.15) is 0 Å². The second-order valence-corrected chi connectivity index (χ2v) is 7.44. The average molecular weight is 324 g/mol. The zero-order valence-corrected chi connectivity index (χ0v) is 14.5. The SMILES string of the molecule is CC(C)OCCCCNC(Cc1cccs1)c1cccs1. The number of rotatable bonds is 10. The summed E-state index contributed by atoms with van der Waals surface area (Å²) in [5.41, 5.74) is 0. The Labute approximate surface area is 136 Å². The number of unbranched alkanes of at least 4 members (excludes halogenated alkanes) is 1. The highest BCUT2D eigenvalue weighted by Gasteiger charge is 2.13. The third kappa shape index (κ3) is 6.30. The molecule has 1 unspecified atom stereocenters. The van der Waals surface area contributed by atoms with E-state index in [0.29, 0.717) is 12.1 Å². The van der Waals surface area contributed by atoms with E-state index >= 15 is 0 Å². The second kappa shape index (κ2) is 9.36. The Morgan fingerprint density at radius 1 is 1.10 bits per heavy atom. The topological polar surface area (TPSA) is 21.3 Å². The van der Waals surface area contributed by atoms with Gasteiger partial charge in [-0.3, -0.25) is 0 Å². The summed E-state index contributed by atoms with van der Waals surface area (Å²) in [5.74, 6) is 0. The van der Waals surface area contributed by atoms with E-state index in [4.69, 9.17) is 4.74 Å². The normalized spacial score (nSPS) is 12.9. The van der Waals surface area contributed by atoms with Gasteiger partial charge in [0.15, 0.2) is 0 Å². The molecule has 0 fully saturated rings. The van der Waals surface area contributed by atoms with Crippen molar-refractivity contribution in [2.75, 3.05) is 13.2 Å². The zero-order valence-electron chi connectivity index (χ0n) is 12.9. The van der Waals surface area contributed by atoms with Gasteiger partial charge in [0, 0.05) is 28.8 Å². The molecule has 0 amide bonds.